The van der Waals surface area contributed by atoms with Gasteiger partial charge in [-0.15, -0.1) is 11.3 Å². The number of benzene rings is 1. The van der Waals surface area contributed by atoms with Crippen LogP contribution in [-0.2, 0) is 13.0 Å². The minimum Gasteiger partial charge on any atom is -0.303 e. The van der Waals surface area contributed by atoms with Crippen molar-refractivity contribution in [1.82, 2.24) is 19.4 Å². The highest BCUT2D eigenvalue weighted by atomic mass is 35.5. The van der Waals surface area contributed by atoms with Gasteiger partial charge in [-0.3, -0.25) is 4.57 Å². The number of aromatic nitrogens is 2. The van der Waals surface area contributed by atoms with Gasteiger partial charge >= 0.3 is 0 Å². The van der Waals surface area contributed by atoms with Gasteiger partial charge in [-0.2, -0.15) is 0 Å². The van der Waals surface area contributed by atoms with Crippen LogP contribution in [0.1, 0.15) is 24.1 Å². The van der Waals surface area contributed by atoms with Gasteiger partial charge in [0.25, 0.3) is 0 Å². The molecule has 0 spiro atoms. The molecule has 0 radical (unpaired) electrons. The van der Waals surface area contributed by atoms with Crippen molar-refractivity contribution in [3.8, 4) is 5.13 Å². The lowest BCUT2D eigenvalue weighted by atomic mass is 9.97. The van der Waals surface area contributed by atoms with Crippen LogP contribution in [0.4, 0.5) is 0 Å². The first-order chi connectivity index (χ1) is 14.2. The van der Waals surface area contributed by atoms with Gasteiger partial charge in [0.15, 0.2) is 5.13 Å². The Morgan fingerprint density at radius 2 is 2.10 bits per heavy atom. The van der Waals surface area contributed by atoms with Crippen molar-refractivity contribution in [2.45, 2.75) is 25.8 Å². The molecule has 0 saturated carbocycles. The minimum absolute atomic E-state index is 0.738. The molecule has 0 amide bonds. The second-order valence-electron chi connectivity index (χ2n) is 8.07. The third-order valence-corrected chi connectivity index (χ3v) is 6.72. The quantitative estimate of drug-likeness (QED) is 0.506. The van der Waals surface area contributed by atoms with E-state index in [2.05, 4.69) is 56.9 Å². The Morgan fingerprint density at radius 1 is 1.24 bits per heavy atom. The molecule has 1 aliphatic heterocycles. The maximum atomic E-state index is 6.00. The zero-order chi connectivity index (χ0) is 20.1. The lowest BCUT2D eigenvalue weighted by Gasteiger charge is -2.34. The summed E-state index contributed by atoms with van der Waals surface area (Å²) in [7, 11) is 2.24. The van der Waals surface area contributed by atoms with Crippen molar-refractivity contribution in [3.63, 3.8) is 0 Å². The molecule has 3 heterocycles. The molecule has 29 heavy (non-hydrogen) atoms. The summed E-state index contributed by atoms with van der Waals surface area (Å²) in [5, 5.41) is 3.89. The Morgan fingerprint density at radius 3 is 2.90 bits per heavy atom. The summed E-state index contributed by atoms with van der Waals surface area (Å²) in [6.07, 6.45) is 7.71. The van der Waals surface area contributed by atoms with Crippen molar-refractivity contribution in [2.24, 2.45) is 5.92 Å². The van der Waals surface area contributed by atoms with E-state index in [0.29, 0.717) is 0 Å². The summed E-state index contributed by atoms with van der Waals surface area (Å²) in [4.78, 5) is 9.55. The van der Waals surface area contributed by atoms with Crippen LogP contribution in [0.3, 0.4) is 0 Å². The van der Waals surface area contributed by atoms with Gasteiger partial charge < -0.3 is 9.80 Å². The summed E-state index contributed by atoms with van der Waals surface area (Å²) in [5.41, 5.74) is 2.68. The van der Waals surface area contributed by atoms with Gasteiger partial charge in [-0.25, -0.2) is 4.98 Å². The number of piperidine rings is 1. The van der Waals surface area contributed by atoms with E-state index in [1.54, 1.807) is 11.3 Å². The first kappa shape index (κ1) is 20.6. The van der Waals surface area contributed by atoms with Gasteiger partial charge in [-0.05, 0) is 68.6 Å². The normalized spacial score (nSPS) is 17.8. The first-order valence-electron chi connectivity index (χ1n) is 10.4. The largest absolute Gasteiger partial charge is 0.303 e. The van der Waals surface area contributed by atoms with Crippen LogP contribution in [0.15, 0.2) is 54.2 Å². The average Bonchev–Trinajstić information content (AvgIpc) is 3.39. The fourth-order valence-electron chi connectivity index (χ4n) is 4.29. The third kappa shape index (κ3) is 5.70. The van der Waals surface area contributed by atoms with Crippen molar-refractivity contribution < 1.29 is 0 Å². The number of rotatable bonds is 8. The second kappa shape index (κ2) is 9.90. The van der Waals surface area contributed by atoms with Crippen LogP contribution in [-0.4, -0.2) is 52.6 Å². The summed E-state index contributed by atoms with van der Waals surface area (Å²) in [5.74, 6) is 0.738. The minimum atomic E-state index is 0.738. The molecule has 0 bridgehead atoms. The van der Waals surface area contributed by atoms with Crippen LogP contribution < -0.4 is 0 Å². The van der Waals surface area contributed by atoms with E-state index in [-0.39, 0.29) is 0 Å². The molecular weight excluding hydrogens is 400 g/mol. The smallest absolute Gasteiger partial charge is 0.193 e. The second-order valence-corrected chi connectivity index (χ2v) is 9.38. The van der Waals surface area contributed by atoms with E-state index in [1.807, 2.05) is 23.7 Å². The standard InChI is InChI=1S/C23H29ClN4S/c1-26(18-22-5-3-13-28(22)23-25-11-15-29-23)16-20-4-2-12-27(17-20)14-10-19-6-8-21(24)9-7-19/h3,5-9,11,13,15,20H,2,4,10,12,14,16-18H2,1H3/t20-/m0/s1. The highest BCUT2D eigenvalue weighted by Crippen LogP contribution is 2.20. The molecule has 1 saturated heterocycles. The van der Waals surface area contributed by atoms with E-state index in [0.717, 1.165) is 42.1 Å². The lowest BCUT2D eigenvalue weighted by molar-refractivity contribution is 0.141. The zero-order valence-corrected chi connectivity index (χ0v) is 18.6. The van der Waals surface area contributed by atoms with Crippen molar-refractivity contribution >= 4 is 22.9 Å². The molecule has 0 aliphatic carbocycles. The maximum Gasteiger partial charge on any atom is 0.193 e. The summed E-state index contributed by atoms with van der Waals surface area (Å²) < 4.78 is 2.21. The van der Waals surface area contributed by atoms with Gasteiger partial charge in [0, 0.05) is 54.7 Å². The lowest BCUT2D eigenvalue weighted by Crippen LogP contribution is -2.40. The fraction of sp³-hybridized carbons (Fsp3) is 0.435. The zero-order valence-electron chi connectivity index (χ0n) is 17.0. The van der Waals surface area contributed by atoms with E-state index in [1.165, 1.54) is 37.2 Å². The average molecular weight is 429 g/mol. The molecular formula is C23H29ClN4S. The Labute approximate surface area is 182 Å². The monoisotopic (exact) mass is 428 g/mol. The van der Waals surface area contributed by atoms with Crippen LogP contribution in [0.5, 0.6) is 0 Å². The third-order valence-electron chi connectivity index (χ3n) is 5.69. The van der Waals surface area contributed by atoms with E-state index >= 15 is 0 Å². The Hall–Kier alpha value is -1.66. The first-order valence-corrected chi connectivity index (χ1v) is 11.6. The van der Waals surface area contributed by atoms with Crippen LogP contribution in [0, 0.1) is 5.92 Å². The number of nitrogens with zero attached hydrogens (tertiary/aromatic N) is 4. The molecule has 2 aromatic heterocycles. The van der Waals surface area contributed by atoms with Gasteiger partial charge in [0.05, 0.1) is 0 Å². The summed E-state index contributed by atoms with van der Waals surface area (Å²) >= 11 is 7.68. The highest BCUT2D eigenvalue weighted by molar-refractivity contribution is 7.12. The number of thiazole rings is 1. The maximum absolute atomic E-state index is 6.00. The summed E-state index contributed by atoms with van der Waals surface area (Å²) in [6, 6.07) is 12.6. The summed E-state index contributed by atoms with van der Waals surface area (Å²) in [6.45, 7) is 5.65. The number of hydrogen-bond donors (Lipinski definition) is 0. The molecule has 1 aliphatic rings. The van der Waals surface area contributed by atoms with Gasteiger partial charge in [-0.1, -0.05) is 23.7 Å². The topological polar surface area (TPSA) is 24.3 Å². The Kier molecular flexibility index (Phi) is 7.03. The van der Waals surface area contributed by atoms with Gasteiger partial charge in [0.1, 0.15) is 0 Å². The van der Waals surface area contributed by atoms with E-state index < -0.39 is 0 Å². The SMILES string of the molecule is CN(Cc1cccn1-c1nccs1)C[C@@H]1CCCN(CCc2ccc(Cl)cc2)C1. The molecule has 4 nitrogen and oxygen atoms in total. The van der Waals surface area contributed by atoms with Crippen LogP contribution in [0.2, 0.25) is 5.02 Å². The van der Waals surface area contributed by atoms with E-state index in [9.17, 15) is 0 Å². The number of halogens is 1. The Balaban J connectivity index is 1.27. The molecule has 0 unspecified atom stereocenters. The molecule has 3 aromatic rings. The molecule has 1 aromatic carbocycles. The number of likely N-dealkylation sites (tertiary alicyclic amines) is 1. The van der Waals surface area contributed by atoms with Crippen LogP contribution >= 0.6 is 22.9 Å². The Bertz CT molecular complexity index is 875. The van der Waals surface area contributed by atoms with E-state index in [4.69, 9.17) is 11.6 Å². The van der Waals surface area contributed by atoms with Crippen LogP contribution in [0.25, 0.3) is 5.13 Å². The van der Waals surface area contributed by atoms with Crippen molar-refractivity contribution in [3.05, 3.63) is 70.5 Å². The molecule has 4 rings (SSSR count). The van der Waals surface area contributed by atoms with Gasteiger partial charge in [0.2, 0.25) is 0 Å². The predicted octanol–water partition coefficient (Wildman–Crippen LogP) is 4.97. The molecule has 0 N–H and O–H groups in total. The molecule has 1 atom stereocenters. The highest BCUT2D eigenvalue weighted by Gasteiger charge is 2.21. The predicted molar refractivity (Wildman–Crippen MR) is 122 cm³/mol. The molecule has 154 valence electrons. The number of hydrogen-bond acceptors (Lipinski definition) is 4. The van der Waals surface area contributed by atoms with Crippen molar-refractivity contribution in [2.75, 3.05) is 33.2 Å². The molecule has 6 heteroatoms. The fourth-order valence-corrected chi connectivity index (χ4v) is 5.07. The van der Waals surface area contributed by atoms with Crippen molar-refractivity contribution in [1.29, 1.82) is 0 Å². The molecule has 1 fully saturated rings.